The number of nitrogens with one attached hydrogen (secondary N) is 1. The Morgan fingerprint density at radius 2 is 2.07 bits per heavy atom. The van der Waals surface area contributed by atoms with Crippen molar-refractivity contribution in [2.24, 2.45) is 0 Å². The maximum Gasteiger partial charge on any atom is 0.254 e. The highest BCUT2D eigenvalue weighted by molar-refractivity contribution is 6.00. The summed E-state index contributed by atoms with van der Waals surface area (Å²) in [6, 6.07) is 15.5. The van der Waals surface area contributed by atoms with Crippen molar-refractivity contribution in [1.82, 2.24) is 10.2 Å². The molecule has 2 aromatic carbocycles. The van der Waals surface area contributed by atoms with E-state index in [2.05, 4.69) is 17.5 Å². The summed E-state index contributed by atoms with van der Waals surface area (Å²) in [4.78, 5) is 15.0. The normalized spacial score (nSPS) is 20.7. The first-order valence-corrected chi connectivity index (χ1v) is 9.25. The second-order valence-electron chi connectivity index (χ2n) is 7.24. The Morgan fingerprint density at radius 1 is 1.21 bits per heavy atom. The van der Waals surface area contributed by atoms with E-state index in [1.165, 1.54) is 0 Å². The maximum atomic E-state index is 13.1. The van der Waals surface area contributed by atoms with Gasteiger partial charge in [-0.1, -0.05) is 12.1 Å². The van der Waals surface area contributed by atoms with Gasteiger partial charge in [0.15, 0.2) is 0 Å². The van der Waals surface area contributed by atoms with E-state index in [9.17, 15) is 10.1 Å². The number of nitriles is 2. The van der Waals surface area contributed by atoms with Crippen LogP contribution < -0.4 is 5.32 Å². The van der Waals surface area contributed by atoms with E-state index in [0.717, 1.165) is 24.1 Å². The molecule has 6 heteroatoms. The Kier molecular flexibility index (Phi) is 4.83. The average molecular weight is 372 g/mol. The van der Waals surface area contributed by atoms with Crippen LogP contribution >= 0.6 is 0 Å². The van der Waals surface area contributed by atoms with Crippen molar-refractivity contribution in [3.05, 3.63) is 58.7 Å². The molecule has 6 nitrogen and oxygen atoms in total. The number of rotatable bonds is 4. The summed E-state index contributed by atoms with van der Waals surface area (Å²) in [5.74, 6) is 0.00189. The molecule has 1 amide bonds. The van der Waals surface area contributed by atoms with Crippen molar-refractivity contribution in [3.8, 4) is 23.3 Å². The summed E-state index contributed by atoms with van der Waals surface area (Å²) in [7, 11) is 1.68. The lowest BCUT2D eigenvalue weighted by molar-refractivity contribution is 0.0711. The lowest BCUT2D eigenvalue weighted by Crippen LogP contribution is -2.36. The van der Waals surface area contributed by atoms with Crippen LogP contribution in [-0.4, -0.2) is 43.2 Å². The molecule has 0 aliphatic carbocycles. The molecular formula is C22H20N4O2. The second kappa shape index (κ2) is 7.44. The number of hydrogen-bond donors (Lipinski definition) is 1. The third-order valence-electron chi connectivity index (χ3n) is 5.51. The molecule has 1 fully saturated rings. The van der Waals surface area contributed by atoms with E-state index in [0.29, 0.717) is 35.4 Å². The fourth-order valence-electron chi connectivity index (χ4n) is 4.13. The van der Waals surface area contributed by atoms with Crippen LogP contribution in [0.25, 0.3) is 11.1 Å². The highest BCUT2D eigenvalue weighted by Crippen LogP contribution is 2.34. The molecule has 0 spiro atoms. The van der Waals surface area contributed by atoms with E-state index in [1.54, 1.807) is 25.3 Å². The van der Waals surface area contributed by atoms with E-state index >= 15 is 0 Å². The number of carbonyl (C=O) groups is 1. The minimum absolute atomic E-state index is 0.00189. The summed E-state index contributed by atoms with van der Waals surface area (Å²) in [5, 5.41) is 22.2. The molecule has 0 unspecified atom stereocenters. The van der Waals surface area contributed by atoms with Crippen molar-refractivity contribution in [2.45, 2.75) is 25.0 Å². The standard InChI is InChI=1S/C22H20N4O2/c1-28-13-18-7-19(11-25-18)26-12-17-6-16(10-24)20(8-21(17)22(26)27)15-4-2-3-14(5-15)9-23/h2-6,8,18-19,25H,7,11-13H2,1H3/t18-,19+/m0/s1. The Bertz CT molecular complexity index is 1020. The van der Waals surface area contributed by atoms with Crippen LogP contribution in [0.15, 0.2) is 36.4 Å². The van der Waals surface area contributed by atoms with Crippen LogP contribution in [0.3, 0.4) is 0 Å². The molecule has 2 aliphatic rings. The minimum Gasteiger partial charge on any atom is -0.383 e. The predicted molar refractivity (Wildman–Crippen MR) is 103 cm³/mol. The van der Waals surface area contributed by atoms with E-state index in [-0.39, 0.29) is 18.0 Å². The topological polar surface area (TPSA) is 89.2 Å². The number of methoxy groups -OCH3 is 1. The van der Waals surface area contributed by atoms with E-state index in [4.69, 9.17) is 10.00 Å². The molecule has 2 aliphatic heterocycles. The Morgan fingerprint density at radius 3 is 2.82 bits per heavy atom. The summed E-state index contributed by atoms with van der Waals surface area (Å²) < 4.78 is 5.21. The monoisotopic (exact) mass is 372 g/mol. The largest absolute Gasteiger partial charge is 0.383 e. The molecular weight excluding hydrogens is 352 g/mol. The zero-order chi connectivity index (χ0) is 19.7. The van der Waals surface area contributed by atoms with Gasteiger partial charge in [0.2, 0.25) is 0 Å². The summed E-state index contributed by atoms with van der Waals surface area (Å²) in [6.45, 7) is 1.90. The molecule has 4 rings (SSSR count). The second-order valence-corrected chi connectivity index (χ2v) is 7.24. The van der Waals surface area contributed by atoms with Crippen molar-refractivity contribution in [3.63, 3.8) is 0 Å². The quantitative estimate of drug-likeness (QED) is 0.890. The van der Waals surface area contributed by atoms with Crippen LogP contribution in [0.4, 0.5) is 0 Å². The summed E-state index contributed by atoms with van der Waals surface area (Å²) in [6.07, 6.45) is 0.857. The van der Waals surface area contributed by atoms with Gasteiger partial charge in [-0.2, -0.15) is 10.5 Å². The van der Waals surface area contributed by atoms with Crippen LogP contribution in [0.2, 0.25) is 0 Å². The number of carbonyl (C=O) groups excluding carboxylic acids is 1. The Balaban J connectivity index is 1.66. The number of nitrogens with zero attached hydrogens (tertiary/aromatic N) is 3. The number of fused-ring (bicyclic) bond motifs is 1. The fraction of sp³-hybridized carbons (Fsp3) is 0.318. The summed E-state index contributed by atoms with van der Waals surface area (Å²) >= 11 is 0. The smallest absolute Gasteiger partial charge is 0.254 e. The van der Waals surface area contributed by atoms with Gasteiger partial charge in [-0.15, -0.1) is 0 Å². The molecule has 0 bridgehead atoms. The molecule has 2 heterocycles. The maximum absolute atomic E-state index is 13.1. The Labute approximate surface area is 163 Å². The van der Waals surface area contributed by atoms with Gasteiger partial charge in [0.1, 0.15) is 0 Å². The van der Waals surface area contributed by atoms with Crippen LogP contribution in [0.1, 0.15) is 33.5 Å². The zero-order valence-corrected chi connectivity index (χ0v) is 15.6. The van der Waals surface area contributed by atoms with Gasteiger partial charge < -0.3 is 15.0 Å². The molecule has 2 atom stereocenters. The number of ether oxygens (including phenoxy) is 1. The highest BCUT2D eigenvalue weighted by Gasteiger charge is 2.37. The Hall–Kier alpha value is -3.19. The lowest BCUT2D eigenvalue weighted by Gasteiger charge is -2.23. The van der Waals surface area contributed by atoms with Crippen molar-refractivity contribution in [2.75, 3.05) is 20.3 Å². The van der Waals surface area contributed by atoms with Gasteiger partial charge in [-0.25, -0.2) is 0 Å². The van der Waals surface area contributed by atoms with E-state index in [1.807, 2.05) is 23.1 Å². The molecule has 140 valence electrons. The van der Waals surface area contributed by atoms with Crippen LogP contribution in [-0.2, 0) is 11.3 Å². The molecule has 0 saturated carbocycles. The molecule has 0 radical (unpaired) electrons. The third-order valence-corrected chi connectivity index (χ3v) is 5.51. The molecule has 2 aromatic rings. The third kappa shape index (κ3) is 3.14. The van der Waals surface area contributed by atoms with Gasteiger partial charge in [0.25, 0.3) is 5.91 Å². The van der Waals surface area contributed by atoms with Gasteiger partial charge in [-0.05, 0) is 41.8 Å². The van der Waals surface area contributed by atoms with Gasteiger partial charge in [0, 0.05) is 43.4 Å². The first-order valence-electron chi connectivity index (χ1n) is 9.25. The molecule has 1 N–H and O–H groups in total. The first-order chi connectivity index (χ1) is 13.6. The highest BCUT2D eigenvalue weighted by atomic mass is 16.5. The fourth-order valence-corrected chi connectivity index (χ4v) is 4.13. The van der Waals surface area contributed by atoms with E-state index < -0.39 is 0 Å². The van der Waals surface area contributed by atoms with Gasteiger partial charge >= 0.3 is 0 Å². The van der Waals surface area contributed by atoms with Crippen LogP contribution in [0, 0.1) is 22.7 Å². The van der Waals surface area contributed by atoms with Gasteiger partial charge in [0.05, 0.1) is 29.9 Å². The minimum atomic E-state index is 0.00189. The SMILES string of the molecule is COC[C@@H]1C[C@@H](N2Cc3cc(C#N)c(-c4cccc(C#N)c4)cc3C2=O)CN1. The van der Waals surface area contributed by atoms with Crippen molar-refractivity contribution < 1.29 is 9.53 Å². The number of amides is 1. The van der Waals surface area contributed by atoms with Crippen molar-refractivity contribution >= 4 is 5.91 Å². The molecule has 1 saturated heterocycles. The lowest BCUT2D eigenvalue weighted by atomic mass is 9.94. The van der Waals surface area contributed by atoms with Crippen LogP contribution in [0.5, 0.6) is 0 Å². The van der Waals surface area contributed by atoms with Crippen molar-refractivity contribution in [1.29, 1.82) is 10.5 Å². The number of hydrogen-bond acceptors (Lipinski definition) is 5. The zero-order valence-electron chi connectivity index (χ0n) is 15.6. The molecule has 28 heavy (non-hydrogen) atoms. The number of benzene rings is 2. The van der Waals surface area contributed by atoms with Gasteiger partial charge in [-0.3, -0.25) is 4.79 Å². The molecule has 0 aromatic heterocycles. The predicted octanol–water partition coefficient (Wildman–Crippen LogP) is 2.43. The summed E-state index contributed by atoms with van der Waals surface area (Å²) in [5.41, 5.74) is 4.03. The average Bonchev–Trinajstić information content (AvgIpc) is 3.31. The first kappa shape index (κ1) is 18.2.